The Morgan fingerprint density at radius 2 is 2.05 bits per heavy atom. The Balaban J connectivity index is 1.88. The normalized spacial score (nSPS) is 11.7. The fourth-order valence-corrected chi connectivity index (χ4v) is 2.30. The molecule has 0 radical (unpaired) electrons. The highest BCUT2D eigenvalue weighted by atomic mass is 32.1. The van der Waals surface area contributed by atoms with Crippen molar-refractivity contribution in [3.05, 3.63) is 52.2 Å². The molecule has 0 fully saturated rings. The highest BCUT2D eigenvalue weighted by Gasteiger charge is 2.20. The third-order valence-electron chi connectivity index (χ3n) is 2.79. The van der Waals surface area contributed by atoms with Gasteiger partial charge in [0, 0.05) is 4.88 Å². The van der Waals surface area contributed by atoms with Gasteiger partial charge in [-0.3, -0.25) is 4.79 Å². The van der Waals surface area contributed by atoms with E-state index in [1.54, 1.807) is 12.1 Å². The van der Waals surface area contributed by atoms with Gasteiger partial charge in [-0.25, -0.2) is 4.79 Å². The third kappa shape index (κ3) is 4.06. The first-order valence-corrected chi connectivity index (χ1v) is 7.25. The van der Waals surface area contributed by atoms with Crippen LogP contribution >= 0.6 is 11.3 Å². The predicted octanol–water partition coefficient (Wildman–Crippen LogP) is 2.32. The topological polar surface area (TPSA) is 75.6 Å². The van der Waals surface area contributed by atoms with Crippen LogP contribution in [0.15, 0.2) is 41.8 Å². The van der Waals surface area contributed by atoms with Crippen LogP contribution in [0.5, 0.6) is 5.75 Å². The van der Waals surface area contributed by atoms with Gasteiger partial charge in [-0.05, 0) is 30.5 Å². The van der Waals surface area contributed by atoms with Crippen molar-refractivity contribution in [1.82, 2.24) is 5.32 Å². The Morgan fingerprint density at radius 1 is 1.29 bits per heavy atom. The lowest BCUT2D eigenvalue weighted by Crippen LogP contribution is -2.35. The average Bonchev–Trinajstić information content (AvgIpc) is 2.98. The molecule has 1 aromatic heterocycles. The van der Waals surface area contributed by atoms with E-state index >= 15 is 0 Å². The molecular weight excluding hydrogens is 290 g/mol. The molecule has 5 nitrogen and oxygen atoms in total. The first kappa shape index (κ1) is 15.1. The number of amides is 1. The van der Waals surface area contributed by atoms with Crippen LogP contribution in [0.1, 0.15) is 22.2 Å². The number of carbonyl (C=O) groups excluding carboxylic acids is 2. The summed E-state index contributed by atoms with van der Waals surface area (Å²) in [5.41, 5.74) is 0.0374. The van der Waals surface area contributed by atoms with Gasteiger partial charge in [0.25, 0.3) is 5.91 Å². The zero-order chi connectivity index (χ0) is 15.2. The van der Waals surface area contributed by atoms with Gasteiger partial charge < -0.3 is 15.2 Å². The van der Waals surface area contributed by atoms with Gasteiger partial charge in [0.15, 0.2) is 6.10 Å². The largest absolute Gasteiger partial charge is 0.507 e. The molecule has 2 aromatic rings. The molecule has 1 aromatic carbocycles. The van der Waals surface area contributed by atoms with Gasteiger partial charge in [0.1, 0.15) is 11.3 Å². The fraction of sp³-hybridized carbons (Fsp3) is 0.200. The standard InChI is InChI=1S/C15H15NO4S/c1-10(14(18)16-9-11-5-4-8-21-11)20-15(19)12-6-2-3-7-13(12)17/h2-8,10,17H,9H2,1H3,(H,16,18). The van der Waals surface area contributed by atoms with Gasteiger partial charge in [-0.1, -0.05) is 18.2 Å². The molecule has 0 saturated heterocycles. The number of para-hydroxylation sites is 1. The summed E-state index contributed by atoms with van der Waals surface area (Å²) in [5.74, 6) is -1.28. The maximum Gasteiger partial charge on any atom is 0.342 e. The van der Waals surface area contributed by atoms with Crippen LogP contribution in [0.3, 0.4) is 0 Å². The van der Waals surface area contributed by atoms with Crippen LogP contribution in [-0.2, 0) is 16.1 Å². The van der Waals surface area contributed by atoms with Crippen LogP contribution in [0, 0.1) is 0 Å². The highest BCUT2D eigenvalue weighted by Crippen LogP contribution is 2.17. The molecule has 1 atom stereocenters. The van der Waals surface area contributed by atoms with Crippen molar-refractivity contribution >= 4 is 23.2 Å². The maximum absolute atomic E-state index is 11.9. The molecule has 0 saturated carbocycles. The molecule has 1 unspecified atom stereocenters. The summed E-state index contributed by atoms with van der Waals surface area (Å²) in [4.78, 5) is 24.7. The summed E-state index contributed by atoms with van der Waals surface area (Å²) >= 11 is 1.53. The van der Waals surface area contributed by atoms with Crippen molar-refractivity contribution in [3.8, 4) is 5.75 Å². The number of hydrogen-bond donors (Lipinski definition) is 2. The van der Waals surface area contributed by atoms with E-state index in [9.17, 15) is 14.7 Å². The second kappa shape index (κ2) is 6.90. The number of aromatic hydroxyl groups is 1. The van der Waals surface area contributed by atoms with Crippen molar-refractivity contribution in [3.63, 3.8) is 0 Å². The Morgan fingerprint density at radius 3 is 2.71 bits per heavy atom. The van der Waals surface area contributed by atoms with Gasteiger partial charge in [-0.2, -0.15) is 0 Å². The summed E-state index contributed by atoms with van der Waals surface area (Å²) in [7, 11) is 0. The number of carbonyl (C=O) groups is 2. The summed E-state index contributed by atoms with van der Waals surface area (Å²) in [5, 5.41) is 14.2. The molecule has 21 heavy (non-hydrogen) atoms. The molecule has 2 rings (SSSR count). The summed E-state index contributed by atoms with van der Waals surface area (Å²) < 4.78 is 5.04. The molecule has 0 aliphatic heterocycles. The number of benzene rings is 1. The smallest absolute Gasteiger partial charge is 0.342 e. The van der Waals surface area contributed by atoms with Crippen LogP contribution in [-0.4, -0.2) is 23.1 Å². The van der Waals surface area contributed by atoms with Crippen LogP contribution in [0.2, 0.25) is 0 Å². The van der Waals surface area contributed by atoms with E-state index in [1.807, 2.05) is 17.5 Å². The molecular formula is C15H15NO4S. The molecule has 2 N–H and O–H groups in total. The minimum atomic E-state index is -0.933. The van der Waals surface area contributed by atoms with Crippen LogP contribution in [0.4, 0.5) is 0 Å². The number of rotatable bonds is 5. The minimum absolute atomic E-state index is 0.0374. The lowest BCUT2D eigenvalue weighted by molar-refractivity contribution is -0.129. The van der Waals surface area contributed by atoms with Crippen molar-refractivity contribution in [1.29, 1.82) is 0 Å². The number of esters is 1. The monoisotopic (exact) mass is 305 g/mol. The predicted molar refractivity (Wildman–Crippen MR) is 79.2 cm³/mol. The average molecular weight is 305 g/mol. The molecule has 0 aliphatic rings. The number of phenolic OH excluding ortho intramolecular Hbond substituents is 1. The van der Waals surface area contributed by atoms with E-state index in [0.717, 1.165) is 4.88 Å². The van der Waals surface area contributed by atoms with Crippen LogP contribution in [0.25, 0.3) is 0 Å². The van der Waals surface area contributed by atoms with Crippen molar-refractivity contribution < 1.29 is 19.4 Å². The number of hydrogen-bond acceptors (Lipinski definition) is 5. The Labute approximate surface area is 126 Å². The van der Waals surface area contributed by atoms with Gasteiger partial charge in [0.05, 0.1) is 6.54 Å². The third-order valence-corrected chi connectivity index (χ3v) is 3.67. The van der Waals surface area contributed by atoms with E-state index in [-0.39, 0.29) is 17.2 Å². The minimum Gasteiger partial charge on any atom is -0.507 e. The maximum atomic E-state index is 11.9. The van der Waals surface area contributed by atoms with E-state index in [1.165, 1.54) is 30.4 Å². The number of ether oxygens (including phenoxy) is 1. The molecule has 0 spiro atoms. The SMILES string of the molecule is CC(OC(=O)c1ccccc1O)C(=O)NCc1cccs1. The van der Waals surface area contributed by atoms with Gasteiger partial charge in [-0.15, -0.1) is 11.3 Å². The van der Waals surface area contributed by atoms with E-state index in [0.29, 0.717) is 6.54 Å². The van der Waals surface area contributed by atoms with E-state index in [4.69, 9.17) is 4.74 Å². The second-order valence-corrected chi connectivity index (χ2v) is 5.39. The quantitative estimate of drug-likeness (QED) is 0.831. The Bertz CT molecular complexity index is 624. The zero-order valence-electron chi connectivity index (χ0n) is 11.4. The lowest BCUT2D eigenvalue weighted by atomic mass is 10.2. The zero-order valence-corrected chi connectivity index (χ0v) is 12.2. The summed E-state index contributed by atoms with van der Waals surface area (Å²) in [6, 6.07) is 9.84. The Hall–Kier alpha value is -2.34. The number of thiophene rings is 1. The summed E-state index contributed by atoms with van der Waals surface area (Å²) in [6.45, 7) is 1.89. The van der Waals surface area contributed by atoms with Crippen molar-refractivity contribution in [2.45, 2.75) is 19.6 Å². The Kier molecular flexibility index (Phi) is 4.94. The first-order chi connectivity index (χ1) is 10.1. The second-order valence-electron chi connectivity index (χ2n) is 4.36. The summed E-state index contributed by atoms with van der Waals surface area (Å²) in [6.07, 6.45) is -0.933. The van der Waals surface area contributed by atoms with Gasteiger partial charge >= 0.3 is 5.97 Å². The molecule has 0 bridgehead atoms. The molecule has 6 heteroatoms. The number of nitrogens with one attached hydrogen (secondary N) is 1. The van der Waals surface area contributed by atoms with E-state index < -0.39 is 12.1 Å². The van der Waals surface area contributed by atoms with Crippen molar-refractivity contribution in [2.24, 2.45) is 0 Å². The molecule has 0 aliphatic carbocycles. The first-order valence-electron chi connectivity index (χ1n) is 6.37. The van der Waals surface area contributed by atoms with Gasteiger partial charge in [0.2, 0.25) is 0 Å². The molecule has 1 amide bonds. The van der Waals surface area contributed by atoms with Crippen molar-refractivity contribution in [2.75, 3.05) is 0 Å². The van der Waals surface area contributed by atoms with E-state index in [2.05, 4.69) is 5.32 Å². The van der Waals surface area contributed by atoms with Crippen LogP contribution < -0.4 is 5.32 Å². The number of phenols is 1. The molecule has 1 heterocycles. The highest BCUT2D eigenvalue weighted by molar-refractivity contribution is 7.09. The lowest BCUT2D eigenvalue weighted by Gasteiger charge is -2.13. The fourth-order valence-electron chi connectivity index (χ4n) is 1.65. The molecule has 110 valence electrons.